The SMILES string of the molecule is COc1ccc2c(c1)C(=O)N(C[C@H](NC(=O)NC=O)c1ccc(-c3ccnc(N)c3)cc1)C2. The number of carbonyl (C=O) groups is 3. The third kappa shape index (κ3) is 4.77. The minimum atomic E-state index is -0.646. The van der Waals surface area contributed by atoms with Gasteiger partial charge in [-0.2, -0.15) is 0 Å². The summed E-state index contributed by atoms with van der Waals surface area (Å²) in [7, 11) is 1.55. The van der Waals surface area contributed by atoms with Crippen molar-refractivity contribution in [1.29, 1.82) is 0 Å². The van der Waals surface area contributed by atoms with Gasteiger partial charge in [0.15, 0.2) is 0 Å². The number of urea groups is 1. The number of pyridine rings is 1. The molecule has 4 amide bonds. The number of nitrogens with zero attached hydrogens (tertiary/aromatic N) is 2. The predicted octanol–water partition coefficient (Wildman–Crippen LogP) is 2.49. The van der Waals surface area contributed by atoms with Crippen molar-refractivity contribution in [2.45, 2.75) is 12.6 Å². The number of aromatic nitrogens is 1. The molecule has 9 nitrogen and oxygen atoms in total. The van der Waals surface area contributed by atoms with Crippen LogP contribution in [0, 0.1) is 0 Å². The highest BCUT2D eigenvalue weighted by Gasteiger charge is 2.30. The van der Waals surface area contributed by atoms with Crippen molar-refractivity contribution >= 4 is 24.2 Å². The molecule has 0 saturated carbocycles. The molecule has 0 spiro atoms. The van der Waals surface area contributed by atoms with Crippen molar-refractivity contribution in [3.63, 3.8) is 0 Å². The van der Waals surface area contributed by atoms with Crippen LogP contribution in [0.4, 0.5) is 10.6 Å². The van der Waals surface area contributed by atoms with E-state index in [1.807, 2.05) is 42.5 Å². The van der Waals surface area contributed by atoms with E-state index in [9.17, 15) is 14.4 Å². The number of benzene rings is 2. The first-order valence-corrected chi connectivity index (χ1v) is 10.3. The summed E-state index contributed by atoms with van der Waals surface area (Å²) in [6.07, 6.45) is 1.95. The fourth-order valence-corrected chi connectivity index (χ4v) is 3.86. The average molecular weight is 445 g/mol. The number of imide groups is 1. The third-order valence-corrected chi connectivity index (χ3v) is 5.52. The molecule has 0 fully saturated rings. The zero-order chi connectivity index (χ0) is 23.4. The first-order valence-electron chi connectivity index (χ1n) is 10.3. The number of methoxy groups -OCH3 is 1. The number of ether oxygens (including phenoxy) is 1. The average Bonchev–Trinajstić information content (AvgIpc) is 3.13. The number of nitrogens with two attached hydrogens (primary N) is 1. The molecule has 1 aromatic heterocycles. The fraction of sp³-hybridized carbons (Fsp3) is 0.167. The van der Waals surface area contributed by atoms with Crippen molar-refractivity contribution in [3.05, 3.63) is 77.5 Å². The Morgan fingerprint density at radius 1 is 1.18 bits per heavy atom. The second-order valence-electron chi connectivity index (χ2n) is 7.59. The van der Waals surface area contributed by atoms with Gasteiger partial charge in [0, 0.05) is 24.8 Å². The number of nitrogen functional groups attached to an aromatic ring is 1. The Labute approximate surface area is 190 Å². The summed E-state index contributed by atoms with van der Waals surface area (Å²) < 4.78 is 5.23. The normalized spacial score (nSPS) is 13.2. The lowest BCUT2D eigenvalue weighted by molar-refractivity contribution is -0.108. The van der Waals surface area contributed by atoms with E-state index in [0.717, 1.165) is 22.3 Å². The zero-order valence-electron chi connectivity index (χ0n) is 17.9. The molecule has 0 radical (unpaired) electrons. The van der Waals surface area contributed by atoms with Crippen LogP contribution >= 0.6 is 0 Å². The number of hydrogen-bond donors (Lipinski definition) is 3. The Bertz CT molecular complexity index is 1200. The van der Waals surface area contributed by atoms with Crippen molar-refractivity contribution < 1.29 is 19.1 Å². The standard InChI is InChI=1S/C24H23N5O4/c1-33-19-7-6-18-12-29(23(31)20(18)11-19)13-21(28-24(32)27-14-30)16-4-2-15(3-5-16)17-8-9-26-22(25)10-17/h2-11,14,21H,12-13H2,1H3,(H2,25,26)(H2,27,28,30,32)/t21-/m0/s1. The topological polar surface area (TPSA) is 127 Å². The minimum absolute atomic E-state index is 0.143. The van der Waals surface area contributed by atoms with Crippen LogP contribution in [0.3, 0.4) is 0 Å². The van der Waals surface area contributed by atoms with Crippen molar-refractivity contribution in [1.82, 2.24) is 20.5 Å². The molecule has 2 heterocycles. The van der Waals surface area contributed by atoms with Gasteiger partial charge in [0.2, 0.25) is 6.41 Å². The molecular weight excluding hydrogens is 422 g/mol. The van der Waals surface area contributed by atoms with Crippen molar-refractivity contribution in [2.24, 2.45) is 0 Å². The summed E-state index contributed by atoms with van der Waals surface area (Å²) in [5.74, 6) is 0.886. The summed E-state index contributed by atoms with van der Waals surface area (Å²) >= 11 is 0. The number of hydrogen-bond acceptors (Lipinski definition) is 6. The Hall–Kier alpha value is -4.40. The molecule has 168 valence electrons. The highest BCUT2D eigenvalue weighted by molar-refractivity contribution is 5.98. The van der Waals surface area contributed by atoms with Gasteiger partial charge in [-0.3, -0.25) is 14.9 Å². The van der Waals surface area contributed by atoms with Gasteiger partial charge in [-0.25, -0.2) is 9.78 Å². The number of fused-ring (bicyclic) bond motifs is 1. The highest BCUT2D eigenvalue weighted by atomic mass is 16.5. The second kappa shape index (κ2) is 9.39. The molecule has 2 aromatic carbocycles. The predicted molar refractivity (Wildman–Crippen MR) is 122 cm³/mol. The van der Waals surface area contributed by atoms with E-state index in [2.05, 4.69) is 15.6 Å². The molecular formula is C24H23N5O4. The highest BCUT2D eigenvalue weighted by Crippen LogP contribution is 2.29. The van der Waals surface area contributed by atoms with Gasteiger partial charge in [0.05, 0.1) is 13.2 Å². The van der Waals surface area contributed by atoms with E-state index < -0.39 is 12.1 Å². The Kier molecular flexibility index (Phi) is 6.21. The van der Waals surface area contributed by atoms with Gasteiger partial charge in [-0.05, 0) is 46.5 Å². The molecule has 4 rings (SSSR count). The van der Waals surface area contributed by atoms with Crippen LogP contribution in [-0.4, -0.2) is 41.9 Å². The lowest BCUT2D eigenvalue weighted by Gasteiger charge is -2.25. The van der Waals surface area contributed by atoms with Crippen LogP contribution in [0.5, 0.6) is 5.75 Å². The van der Waals surface area contributed by atoms with E-state index >= 15 is 0 Å². The molecule has 0 bridgehead atoms. The molecule has 33 heavy (non-hydrogen) atoms. The van der Waals surface area contributed by atoms with Gasteiger partial charge in [0.25, 0.3) is 5.91 Å². The molecule has 1 aliphatic heterocycles. The largest absolute Gasteiger partial charge is 0.497 e. The summed E-state index contributed by atoms with van der Waals surface area (Å²) in [5.41, 5.74) is 9.87. The molecule has 0 aliphatic carbocycles. The quantitative estimate of drug-likeness (QED) is 0.480. The molecule has 9 heteroatoms. The van der Waals surface area contributed by atoms with Gasteiger partial charge in [-0.1, -0.05) is 30.3 Å². The monoisotopic (exact) mass is 445 g/mol. The van der Waals surface area contributed by atoms with E-state index in [1.54, 1.807) is 30.3 Å². The smallest absolute Gasteiger partial charge is 0.321 e. The van der Waals surface area contributed by atoms with E-state index in [-0.39, 0.29) is 12.5 Å². The van der Waals surface area contributed by atoms with E-state index in [0.29, 0.717) is 30.1 Å². The van der Waals surface area contributed by atoms with Crippen LogP contribution in [0.1, 0.15) is 27.5 Å². The summed E-state index contributed by atoms with van der Waals surface area (Å²) in [4.78, 5) is 41.5. The lowest BCUT2D eigenvalue weighted by Crippen LogP contribution is -2.42. The third-order valence-electron chi connectivity index (χ3n) is 5.52. The first-order chi connectivity index (χ1) is 16.0. The minimum Gasteiger partial charge on any atom is -0.497 e. The summed E-state index contributed by atoms with van der Waals surface area (Å²) in [6.45, 7) is 0.643. The van der Waals surface area contributed by atoms with E-state index in [1.165, 1.54) is 0 Å². The Morgan fingerprint density at radius 3 is 2.67 bits per heavy atom. The number of anilines is 1. The van der Waals surface area contributed by atoms with Gasteiger partial charge < -0.3 is 20.7 Å². The van der Waals surface area contributed by atoms with Crippen LogP contribution in [0.15, 0.2) is 60.8 Å². The number of rotatable bonds is 7. The zero-order valence-corrected chi connectivity index (χ0v) is 17.9. The van der Waals surface area contributed by atoms with Crippen LogP contribution in [0.25, 0.3) is 11.1 Å². The Balaban J connectivity index is 1.57. The fourth-order valence-electron chi connectivity index (χ4n) is 3.86. The van der Waals surface area contributed by atoms with Crippen molar-refractivity contribution in [3.8, 4) is 16.9 Å². The molecule has 1 aliphatic rings. The maximum absolute atomic E-state index is 13.0. The Morgan fingerprint density at radius 2 is 1.97 bits per heavy atom. The lowest BCUT2D eigenvalue weighted by atomic mass is 10.0. The summed E-state index contributed by atoms with van der Waals surface area (Å²) in [5, 5.41) is 4.86. The molecule has 0 saturated heterocycles. The molecule has 4 N–H and O–H groups in total. The number of amides is 4. The number of nitrogens with one attached hydrogen (secondary N) is 2. The second-order valence-corrected chi connectivity index (χ2v) is 7.59. The number of carbonyl (C=O) groups excluding carboxylic acids is 3. The maximum atomic E-state index is 13.0. The van der Waals surface area contributed by atoms with Crippen LogP contribution < -0.4 is 21.1 Å². The molecule has 0 unspecified atom stereocenters. The van der Waals surface area contributed by atoms with Gasteiger partial charge in [0.1, 0.15) is 11.6 Å². The first kappa shape index (κ1) is 21.8. The van der Waals surface area contributed by atoms with Gasteiger partial charge >= 0.3 is 6.03 Å². The van der Waals surface area contributed by atoms with Crippen LogP contribution in [-0.2, 0) is 11.3 Å². The van der Waals surface area contributed by atoms with E-state index in [4.69, 9.17) is 10.5 Å². The van der Waals surface area contributed by atoms with Crippen LogP contribution in [0.2, 0.25) is 0 Å². The summed E-state index contributed by atoms with van der Waals surface area (Å²) in [6, 6.07) is 15.4. The molecule has 3 aromatic rings. The van der Waals surface area contributed by atoms with Crippen molar-refractivity contribution in [2.75, 3.05) is 19.4 Å². The maximum Gasteiger partial charge on any atom is 0.321 e. The molecule has 1 atom stereocenters. The van der Waals surface area contributed by atoms with Gasteiger partial charge in [-0.15, -0.1) is 0 Å².